The van der Waals surface area contributed by atoms with Gasteiger partial charge in [0.1, 0.15) is 0 Å². The molecule has 1 aliphatic carbocycles. The quantitative estimate of drug-likeness (QED) is 0.413. The Labute approximate surface area is 76.2 Å². The first-order chi connectivity index (χ1) is 4.23. The van der Waals surface area contributed by atoms with Crippen LogP contribution in [0.4, 0.5) is 0 Å². The van der Waals surface area contributed by atoms with Crippen molar-refractivity contribution in [2.45, 2.75) is 26.1 Å². The molecule has 0 heterocycles. The van der Waals surface area contributed by atoms with Crippen LogP contribution in [-0.2, 0) is 16.8 Å². The molecule has 60 valence electrons. The SMILES string of the molecule is C[Si](C)C.[C-]1=CC=CC1.[Co]. The summed E-state index contributed by atoms with van der Waals surface area (Å²) in [5.41, 5.74) is 0. The fourth-order valence-corrected chi connectivity index (χ4v) is 0.340. The van der Waals surface area contributed by atoms with E-state index in [-0.39, 0.29) is 25.6 Å². The van der Waals surface area contributed by atoms with E-state index in [1.54, 1.807) is 0 Å². The van der Waals surface area contributed by atoms with Crippen molar-refractivity contribution >= 4 is 8.80 Å². The maximum Gasteiger partial charge on any atom is 0.0379 e. The van der Waals surface area contributed by atoms with Crippen molar-refractivity contribution in [2.24, 2.45) is 0 Å². The van der Waals surface area contributed by atoms with Crippen LogP contribution in [0.15, 0.2) is 18.2 Å². The molecule has 0 fully saturated rings. The van der Waals surface area contributed by atoms with E-state index in [0.29, 0.717) is 0 Å². The van der Waals surface area contributed by atoms with Gasteiger partial charge in [-0.3, -0.25) is 6.08 Å². The molecule has 1 aliphatic rings. The van der Waals surface area contributed by atoms with Gasteiger partial charge >= 0.3 is 0 Å². The van der Waals surface area contributed by atoms with Crippen LogP contribution >= 0.6 is 0 Å². The molecular formula is C8H14CoSi-. The molecule has 2 radical (unpaired) electrons. The molecule has 0 saturated heterocycles. The molecule has 0 bridgehead atoms. The predicted octanol–water partition coefficient (Wildman–Crippen LogP) is 2.67. The smallest absolute Gasteiger partial charge is 0.0379 e. The van der Waals surface area contributed by atoms with Crippen molar-refractivity contribution in [3.05, 3.63) is 24.3 Å². The molecule has 0 aromatic carbocycles. The van der Waals surface area contributed by atoms with E-state index in [1.165, 1.54) is 0 Å². The summed E-state index contributed by atoms with van der Waals surface area (Å²) in [6.45, 7) is 6.81. The first kappa shape index (κ1) is 12.8. The Kier molecular flexibility index (Phi) is 11.8. The van der Waals surface area contributed by atoms with Crippen molar-refractivity contribution in [3.63, 3.8) is 0 Å². The Bertz CT molecular complexity index is 93.1. The van der Waals surface area contributed by atoms with Gasteiger partial charge in [-0.1, -0.05) is 19.6 Å². The molecule has 0 saturated carbocycles. The van der Waals surface area contributed by atoms with Crippen LogP contribution in [0.25, 0.3) is 0 Å². The van der Waals surface area contributed by atoms with Crippen LogP contribution in [0.5, 0.6) is 0 Å². The van der Waals surface area contributed by atoms with Crippen LogP contribution in [0.3, 0.4) is 0 Å². The van der Waals surface area contributed by atoms with Gasteiger partial charge in [0, 0.05) is 25.6 Å². The number of rotatable bonds is 0. The number of hydrogen-bond acceptors (Lipinski definition) is 0. The van der Waals surface area contributed by atoms with Gasteiger partial charge in [0.05, 0.1) is 0 Å². The zero-order chi connectivity index (χ0) is 7.11. The van der Waals surface area contributed by atoms with Crippen molar-refractivity contribution in [2.75, 3.05) is 0 Å². The summed E-state index contributed by atoms with van der Waals surface area (Å²) in [7, 11) is 0.120. The summed E-state index contributed by atoms with van der Waals surface area (Å²) in [6.07, 6.45) is 10.0. The molecule has 1 rings (SSSR count). The van der Waals surface area contributed by atoms with E-state index in [0.717, 1.165) is 6.42 Å². The van der Waals surface area contributed by atoms with Crippen LogP contribution in [0.2, 0.25) is 19.6 Å². The minimum absolute atomic E-state index is 0. The zero-order valence-corrected chi connectivity index (χ0v) is 8.81. The van der Waals surface area contributed by atoms with Gasteiger partial charge in [0.15, 0.2) is 0 Å². The summed E-state index contributed by atoms with van der Waals surface area (Å²) in [5.74, 6) is 0. The Morgan fingerprint density at radius 1 is 1.30 bits per heavy atom. The van der Waals surface area contributed by atoms with E-state index in [9.17, 15) is 0 Å². The van der Waals surface area contributed by atoms with Gasteiger partial charge in [-0.2, -0.15) is 6.08 Å². The summed E-state index contributed by atoms with van der Waals surface area (Å²) in [5, 5.41) is 0. The Balaban J connectivity index is 0. The van der Waals surface area contributed by atoms with Gasteiger partial charge in [-0.25, -0.2) is 12.2 Å². The first-order valence-corrected chi connectivity index (χ1v) is 6.22. The number of hydrogen-bond donors (Lipinski definition) is 0. The van der Waals surface area contributed by atoms with Crippen molar-refractivity contribution < 1.29 is 16.8 Å². The fourth-order valence-electron chi connectivity index (χ4n) is 0.340. The van der Waals surface area contributed by atoms with Crippen LogP contribution in [0, 0.1) is 6.08 Å². The molecular weight excluding hydrogens is 183 g/mol. The maximum atomic E-state index is 2.99. The van der Waals surface area contributed by atoms with Crippen LogP contribution < -0.4 is 0 Å². The average Bonchev–Trinajstić information content (AvgIpc) is 2.11. The van der Waals surface area contributed by atoms with E-state index >= 15 is 0 Å². The molecule has 0 atom stereocenters. The molecule has 0 aromatic heterocycles. The normalized spacial score (nSPS) is 12.4. The molecule has 0 amide bonds. The van der Waals surface area contributed by atoms with Crippen LogP contribution in [0.1, 0.15) is 6.42 Å². The van der Waals surface area contributed by atoms with Crippen molar-refractivity contribution in [3.8, 4) is 0 Å². The van der Waals surface area contributed by atoms with Gasteiger partial charge < -0.3 is 0 Å². The number of allylic oxidation sites excluding steroid dienone is 4. The third kappa shape index (κ3) is 15.7. The van der Waals surface area contributed by atoms with Crippen molar-refractivity contribution in [1.82, 2.24) is 0 Å². The molecule has 0 spiro atoms. The van der Waals surface area contributed by atoms with Gasteiger partial charge in [0.25, 0.3) is 0 Å². The van der Waals surface area contributed by atoms with E-state index in [1.807, 2.05) is 12.2 Å². The molecule has 0 unspecified atom stereocenters. The largest absolute Gasteiger partial charge is 0.273 e. The van der Waals surface area contributed by atoms with Gasteiger partial charge in [-0.05, 0) is 0 Å². The topological polar surface area (TPSA) is 0 Å². The van der Waals surface area contributed by atoms with Gasteiger partial charge in [0.2, 0.25) is 0 Å². The molecule has 0 aromatic rings. The third-order valence-electron chi connectivity index (χ3n) is 0.586. The monoisotopic (exact) mass is 197 g/mol. The molecule has 0 aliphatic heterocycles. The van der Waals surface area contributed by atoms with E-state index < -0.39 is 0 Å². The first-order valence-electron chi connectivity index (χ1n) is 3.22. The fraction of sp³-hybridized carbons (Fsp3) is 0.500. The predicted molar refractivity (Wildman–Crippen MR) is 44.9 cm³/mol. The van der Waals surface area contributed by atoms with Crippen molar-refractivity contribution in [1.29, 1.82) is 0 Å². The molecule has 0 nitrogen and oxygen atoms in total. The summed E-state index contributed by atoms with van der Waals surface area (Å²) >= 11 is 0. The summed E-state index contributed by atoms with van der Waals surface area (Å²) in [6, 6.07) is 0. The second kappa shape index (κ2) is 9.20. The Morgan fingerprint density at radius 3 is 1.90 bits per heavy atom. The van der Waals surface area contributed by atoms with Crippen LogP contribution in [-0.4, -0.2) is 8.80 Å². The third-order valence-corrected chi connectivity index (χ3v) is 0.586. The summed E-state index contributed by atoms with van der Waals surface area (Å²) < 4.78 is 0. The molecule has 0 N–H and O–H groups in total. The zero-order valence-electron chi connectivity index (χ0n) is 6.77. The second-order valence-electron chi connectivity index (χ2n) is 2.50. The minimum atomic E-state index is 0. The standard InChI is InChI=1S/C5H5.C3H9Si.Co/c1-2-4-5-3-1;1-4(2)3;/h1-3H,4H2;1-3H3;/q-1;;. The maximum absolute atomic E-state index is 2.99. The molecule has 10 heavy (non-hydrogen) atoms. The second-order valence-corrected chi connectivity index (χ2v) is 5.50. The van der Waals surface area contributed by atoms with E-state index in [2.05, 4.69) is 31.8 Å². The van der Waals surface area contributed by atoms with E-state index in [4.69, 9.17) is 0 Å². The summed E-state index contributed by atoms with van der Waals surface area (Å²) in [4.78, 5) is 0. The average molecular weight is 197 g/mol. The van der Waals surface area contributed by atoms with Gasteiger partial charge in [-0.15, -0.1) is 6.42 Å². The Hall–Kier alpha value is 0.203. The molecule has 2 heteroatoms. The Morgan fingerprint density at radius 2 is 1.80 bits per heavy atom. The minimum Gasteiger partial charge on any atom is -0.273 e.